The van der Waals surface area contributed by atoms with Crippen molar-refractivity contribution in [2.45, 2.75) is 45.7 Å². The van der Waals surface area contributed by atoms with Gasteiger partial charge in [-0.25, -0.2) is 4.99 Å². The molecule has 1 unspecified atom stereocenters. The van der Waals surface area contributed by atoms with Crippen LogP contribution in [0.15, 0.2) is 16.4 Å². The summed E-state index contributed by atoms with van der Waals surface area (Å²) in [7, 11) is 3.68. The Morgan fingerprint density at radius 1 is 1.41 bits per heavy atom. The van der Waals surface area contributed by atoms with Gasteiger partial charge in [-0.3, -0.25) is 9.69 Å². The normalized spacial score (nSPS) is 17.5. The van der Waals surface area contributed by atoms with E-state index in [1.807, 2.05) is 14.1 Å². The maximum Gasteiger partial charge on any atom is 0.239 e. The molecule has 1 amide bonds. The molecule has 1 aliphatic heterocycles. The fourth-order valence-corrected chi connectivity index (χ4v) is 4.05. The Hall–Kier alpha value is -0.870. The summed E-state index contributed by atoms with van der Waals surface area (Å²) in [6.45, 7) is 8.59. The third kappa shape index (κ3) is 7.57. The first-order chi connectivity index (χ1) is 12.5. The molecule has 0 radical (unpaired) electrons. The van der Waals surface area contributed by atoms with Crippen LogP contribution >= 0.6 is 35.3 Å². The summed E-state index contributed by atoms with van der Waals surface area (Å²) in [6.07, 6.45) is 3.09. The molecular formula is C19H34IN5OS. The van der Waals surface area contributed by atoms with Crippen molar-refractivity contribution in [1.82, 2.24) is 20.4 Å². The molecule has 1 atom stereocenters. The molecule has 0 aliphatic carbocycles. The number of aryl methyl sites for hydroxylation is 1. The summed E-state index contributed by atoms with van der Waals surface area (Å²) in [5.74, 6) is 1.10. The Balaban J connectivity index is 0.00000364. The van der Waals surface area contributed by atoms with Crippen LogP contribution < -0.4 is 10.6 Å². The van der Waals surface area contributed by atoms with Crippen LogP contribution in [0.25, 0.3) is 0 Å². The fourth-order valence-electron chi connectivity index (χ4n) is 3.22. The van der Waals surface area contributed by atoms with Gasteiger partial charge in [-0.2, -0.15) is 0 Å². The number of thiophene rings is 1. The largest absolute Gasteiger partial charge is 0.357 e. The van der Waals surface area contributed by atoms with Crippen LogP contribution in [-0.4, -0.2) is 68.0 Å². The lowest BCUT2D eigenvalue weighted by atomic mass is 10.2. The van der Waals surface area contributed by atoms with E-state index in [-0.39, 0.29) is 35.9 Å². The second-order valence-corrected chi connectivity index (χ2v) is 7.93. The number of amides is 1. The van der Waals surface area contributed by atoms with E-state index in [0.29, 0.717) is 6.54 Å². The van der Waals surface area contributed by atoms with Crippen molar-refractivity contribution in [2.24, 2.45) is 4.99 Å². The molecule has 1 fully saturated rings. The van der Waals surface area contributed by atoms with Gasteiger partial charge in [0.05, 0.1) is 12.6 Å². The highest BCUT2D eigenvalue weighted by atomic mass is 127. The minimum absolute atomic E-state index is 0. The van der Waals surface area contributed by atoms with Crippen molar-refractivity contribution in [3.63, 3.8) is 0 Å². The first-order valence-corrected chi connectivity index (χ1v) is 10.4. The summed E-state index contributed by atoms with van der Waals surface area (Å²) in [6, 6.07) is 2.20. The SMILES string of the molecule is CCNC(=NCc1sccc1C)NCCCN1CCCC1C(=O)N(C)C.I. The third-order valence-corrected chi connectivity index (χ3v) is 5.70. The number of carbonyl (C=O) groups excluding carboxylic acids is 1. The summed E-state index contributed by atoms with van der Waals surface area (Å²) in [5.41, 5.74) is 1.31. The van der Waals surface area contributed by atoms with Gasteiger partial charge in [0.1, 0.15) is 0 Å². The van der Waals surface area contributed by atoms with E-state index in [2.05, 4.69) is 45.8 Å². The Morgan fingerprint density at radius 2 is 2.19 bits per heavy atom. The van der Waals surface area contributed by atoms with E-state index in [1.165, 1.54) is 10.4 Å². The Labute approximate surface area is 184 Å². The number of carbonyl (C=O) groups is 1. The van der Waals surface area contributed by atoms with Crippen LogP contribution in [-0.2, 0) is 11.3 Å². The maximum absolute atomic E-state index is 12.2. The molecule has 27 heavy (non-hydrogen) atoms. The van der Waals surface area contributed by atoms with Crippen molar-refractivity contribution in [2.75, 3.05) is 40.3 Å². The summed E-state index contributed by atoms with van der Waals surface area (Å²) >= 11 is 1.75. The minimum atomic E-state index is 0. The number of rotatable bonds is 8. The highest BCUT2D eigenvalue weighted by Gasteiger charge is 2.30. The van der Waals surface area contributed by atoms with E-state index in [0.717, 1.165) is 51.4 Å². The van der Waals surface area contributed by atoms with E-state index in [1.54, 1.807) is 16.2 Å². The van der Waals surface area contributed by atoms with Gasteiger partial charge in [-0.05, 0) is 56.7 Å². The molecule has 0 bridgehead atoms. The number of hydrogen-bond acceptors (Lipinski definition) is 4. The molecule has 0 aromatic carbocycles. The van der Waals surface area contributed by atoms with Crippen molar-refractivity contribution >= 4 is 47.2 Å². The lowest BCUT2D eigenvalue weighted by molar-refractivity contribution is -0.133. The highest BCUT2D eigenvalue weighted by Crippen LogP contribution is 2.19. The predicted molar refractivity (Wildman–Crippen MR) is 125 cm³/mol. The first kappa shape index (κ1) is 24.2. The van der Waals surface area contributed by atoms with Crippen LogP contribution in [0.5, 0.6) is 0 Å². The number of nitrogens with zero attached hydrogens (tertiary/aromatic N) is 3. The van der Waals surface area contributed by atoms with Gasteiger partial charge in [0.2, 0.25) is 5.91 Å². The van der Waals surface area contributed by atoms with E-state index >= 15 is 0 Å². The molecule has 154 valence electrons. The van der Waals surface area contributed by atoms with Gasteiger partial charge >= 0.3 is 0 Å². The van der Waals surface area contributed by atoms with Gasteiger partial charge in [0.15, 0.2) is 5.96 Å². The van der Waals surface area contributed by atoms with Crippen molar-refractivity contribution in [3.8, 4) is 0 Å². The second kappa shape index (κ2) is 12.6. The fraction of sp³-hybridized carbons (Fsp3) is 0.684. The number of hydrogen-bond donors (Lipinski definition) is 2. The van der Waals surface area contributed by atoms with Gasteiger partial charge in [0.25, 0.3) is 0 Å². The smallest absolute Gasteiger partial charge is 0.239 e. The van der Waals surface area contributed by atoms with Crippen LogP contribution in [0.3, 0.4) is 0 Å². The zero-order valence-corrected chi connectivity index (χ0v) is 20.1. The molecule has 2 rings (SSSR count). The van der Waals surface area contributed by atoms with E-state index in [4.69, 9.17) is 0 Å². The minimum Gasteiger partial charge on any atom is -0.357 e. The zero-order chi connectivity index (χ0) is 18.9. The third-order valence-electron chi connectivity index (χ3n) is 4.70. The molecule has 0 saturated carbocycles. The van der Waals surface area contributed by atoms with Crippen LogP contribution in [0.4, 0.5) is 0 Å². The number of nitrogens with one attached hydrogen (secondary N) is 2. The molecule has 1 aromatic heterocycles. The first-order valence-electron chi connectivity index (χ1n) is 9.53. The standard InChI is InChI=1S/C19H33N5OS.HI/c1-5-20-19(22-14-17-15(2)9-13-26-17)21-10-7-12-24-11-6-8-16(24)18(25)23(3)4;/h9,13,16H,5-8,10-12,14H2,1-4H3,(H2,20,21,22);1H. The monoisotopic (exact) mass is 507 g/mol. The lowest BCUT2D eigenvalue weighted by Crippen LogP contribution is -2.44. The maximum atomic E-state index is 12.2. The summed E-state index contributed by atoms with van der Waals surface area (Å²) < 4.78 is 0. The van der Waals surface area contributed by atoms with Crippen LogP contribution in [0.2, 0.25) is 0 Å². The second-order valence-electron chi connectivity index (χ2n) is 6.93. The van der Waals surface area contributed by atoms with Crippen molar-refractivity contribution < 1.29 is 4.79 Å². The average molecular weight is 507 g/mol. The molecule has 1 saturated heterocycles. The van der Waals surface area contributed by atoms with Gasteiger partial charge in [0, 0.05) is 38.6 Å². The molecule has 2 N–H and O–H groups in total. The molecule has 0 spiro atoms. The summed E-state index contributed by atoms with van der Waals surface area (Å²) in [5, 5.41) is 8.83. The van der Waals surface area contributed by atoms with E-state index < -0.39 is 0 Å². The lowest BCUT2D eigenvalue weighted by Gasteiger charge is -2.26. The average Bonchev–Trinajstić information content (AvgIpc) is 3.24. The van der Waals surface area contributed by atoms with Crippen molar-refractivity contribution in [1.29, 1.82) is 0 Å². The number of likely N-dealkylation sites (N-methyl/N-ethyl adjacent to an activating group) is 1. The number of halogens is 1. The Morgan fingerprint density at radius 3 is 2.81 bits per heavy atom. The molecular weight excluding hydrogens is 473 g/mol. The van der Waals surface area contributed by atoms with Crippen LogP contribution in [0, 0.1) is 6.92 Å². The van der Waals surface area contributed by atoms with Crippen LogP contribution in [0.1, 0.15) is 36.6 Å². The number of guanidine groups is 1. The predicted octanol–water partition coefficient (Wildman–Crippen LogP) is 2.67. The molecule has 8 heteroatoms. The highest BCUT2D eigenvalue weighted by molar-refractivity contribution is 14.0. The quantitative estimate of drug-likeness (QED) is 0.246. The molecule has 2 heterocycles. The van der Waals surface area contributed by atoms with Crippen molar-refractivity contribution in [3.05, 3.63) is 21.9 Å². The van der Waals surface area contributed by atoms with Gasteiger partial charge in [-0.1, -0.05) is 0 Å². The molecule has 1 aromatic rings. The van der Waals surface area contributed by atoms with Gasteiger partial charge < -0.3 is 15.5 Å². The van der Waals surface area contributed by atoms with E-state index in [9.17, 15) is 4.79 Å². The number of aliphatic imine (C=N–C) groups is 1. The zero-order valence-electron chi connectivity index (χ0n) is 17.0. The Kier molecular flexibility index (Phi) is 11.2. The molecule has 6 nitrogen and oxygen atoms in total. The topological polar surface area (TPSA) is 60.0 Å². The Bertz CT molecular complexity index is 605. The van der Waals surface area contributed by atoms with Gasteiger partial charge in [-0.15, -0.1) is 35.3 Å². The summed E-state index contributed by atoms with van der Waals surface area (Å²) in [4.78, 5) is 22.3. The number of likely N-dealkylation sites (tertiary alicyclic amines) is 1. The molecule has 1 aliphatic rings.